The topological polar surface area (TPSA) is 235 Å². The number of alkyl carbamates (subject to hydrolysis) is 2. The van der Waals surface area contributed by atoms with Crippen LogP contribution in [0.5, 0.6) is 0 Å². The molecule has 0 aromatic carbocycles. The van der Waals surface area contributed by atoms with Gasteiger partial charge in [0.25, 0.3) is 5.56 Å². The summed E-state index contributed by atoms with van der Waals surface area (Å²) in [4.78, 5) is 64.9. The van der Waals surface area contributed by atoms with Gasteiger partial charge >= 0.3 is 25.7 Å². The van der Waals surface area contributed by atoms with Crippen molar-refractivity contribution < 1.29 is 51.8 Å². The molecule has 5 N–H and O–H groups in total. The van der Waals surface area contributed by atoms with Crippen molar-refractivity contribution in [1.82, 2.24) is 25.5 Å². The van der Waals surface area contributed by atoms with Crippen LogP contribution >= 0.6 is 7.82 Å². The molecule has 250 valence electrons. The van der Waals surface area contributed by atoms with E-state index in [9.17, 15) is 33.6 Å². The highest BCUT2D eigenvalue weighted by atomic mass is 31.2. The molecule has 2 heterocycles. The van der Waals surface area contributed by atoms with Crippen LogP contribution in [0, 0.1) is 0 Å². The average Bonchev–Trinajstić information content (AvgIpc) is 3.38. The predicted molar refractivity (Wildman–Crippen MR) is 153 cm³/mol. The number of rotatable bonds is 17. The van der Waals surface area contributed by atoms with Crippen molar-refractivity contribution in [3.8, 4) is 0 Å². The van der Waals surface area contributed by atoms with Crippen molar-refractivity contribution in [3.63, 3.8) is 0 Å². The molecule has 44 heavy (non-hydrogen) atoms. The maximum absolute atomic E-state index is 13.2. The van der Waals surface area contributed by atoms with Crippen molar-refractivity contribution in [2.45, 2.75) is 77.0 Å². The molecule has 3 unspecified atom stereocenters. The summed E-state index contributed by atoms with van der Waals surface area (Å²) in [6.07, 6.45) is -2.56. The van der Waals surface area contributed by atoms with Crippen molar-refractivity contribution in [2.24, 2.45) is 0 Å². The summed E-state index contributed by atoms with van der Waals surface area (Å²) in [5.74, 6) is -0.663. The third-order valence-electron chi connectivity index (χ3n) is 6.53. The van der Waals surface area contributed by atoms with Crippen molar-refractivity contribution in [1.29, 1.82) is 0 Å². The van der Waals surface area contributed by atoms with Gasteiger partial charge in [-0.15, -0.1) is 0 Å². The lowest BCUT2D eigenvalue weighted by Gasteiger charge is -2.27. The van der Waals surface area contributed by atoms with Crippen LogP contribution in [0.15, 0.2) is 15.8 Å². The van der Waals surface area contributed by atoms with Gasteiger partial charge < -0.3 is 35.3 Å². The fraction of sp³-hybridized carbons (Fsp3) is 0.720. The van der Waals surface area contributed by atoms with Crippen LogP contribution in [0.3, 0.4) is 0 Å². The molecular formula is C25H42N5O13P. The molecule has 1 aliphatic heterocycles. The molecule has 0 aliphatic carbocycles. The first-order valence-corrected chi connectivity index (χ1v) is 15.6. The van der Waals surface area contributed by atoms with E-state index in [2.05, 4.69) is 20.9 Å². The Balaban J connectivity index is 2.19. The van der Waals surface area contributed by atoms with E-state index in [1.54, 1.807) is 13.8 Å². The van der Waals surface area contributed by atoms with Gasteiger partial charge in [-0.3, -0.25) is 32.7 Å². The van der Waals surface area contributed by atoms with Gasteiger partial charge in [0, 0.05) is 38.9 Å². The third kappa shape index (κ3) is 10.4. The average molecular weight is 652 g/mol. The molecule has 1 saturated heterocycles. The molecule has 1 aromatic rings. The molecule has 19 heteroatoms. The molecule has 1 fully saturated rings. The van der Waals surface area contributed by atoms with Gasteiger partial charge in [-0.05, 0) is 26.7 Å². The standard InChI is InChI=1S/C25H42N5O13P/c1-6-9-16(27-24(35)40-7-2)20(28-25(36)41-8-3)22(33)26-11-10-15-13-30(23(34)29-21(15)32)19-12-17(18(14-31)42-19)43-44(37,38-4)39-5/h13,16-20,31H,6-12,14H2,1-5H3,(H,26,33)(H,27,35)(H,28,36)(H,29,32,34)/t16?,17?,18-,19-,20?/m0/s1. The number of carbonyl (C=O) groups is 3. The van der Waals surface area contributed by atoms with E-state index in [1.165, 1.54) is 6.20 Å². The minimum atomic E-state index is -3.94. The summed E-state index contributed by atoms with van der Waals surface area (Å²) in [6, 6.07) is -2.07. The van der Waals surface area contributed by atoms with E-state index in [0.29, 0.717) is 12.8 Å². The number of phosphoric ester groups is 1. The Labute approximate surface area is 253 Å². The molecule has 0 spiro atoms. The van der Waals surface area contributed by atoms with Crippen LogP contribution < -0.4 is 27.2 Å². The van der Waals surface area contributed by atoms with Crippen LogP contribution in [-0.4, -0.2) is 97.6 Å². The number of carbonyl (C=O) groups excluding carboxylic acids is 3. The molecule has 3 amide bonds. The van der Waals surface area contributed by atoms with E-state index in [0.717, 1.165) is 18.8 Å². The van der Waals surface area contributed by atoms with Crippen molar-refractivity contribution >= 4 is 25.9 Å². The van der Waals surface area contributed by atoms with E-state index >= 15 is 0 Å². The van der Waals surface area contributed by atoms with Gasteiger partial charge in [-0.25, -0.2) is 18.9 Å². The van der Waals surface area contributed by atoms with E-state index in [1.807, 2.05) is 6.92 Å². The van der Waals surface area contributed by atoms with E-state index in [-0.39, 0.29) is 38.2 Å². The van der Waals surface area contributed by atoms with Crippen molar-refractivity contribution in [3.05, 3.63) is 32.6 Å². The number of aliphatic hydroxyl groups excluding tert-OH is 1. The summed E-state index contributed by atoms with van der Waals surface area (Å²) in [7, 11) is -1.69. The van der Waals surface area contributed by atoms with Gasteiger partial charge in [0.2, 0.25) is 5.91 Å². The summed E-state index contributed by atoms with van der Waals surface area (Å²) < 4.78 is 44.0. The van der Waals surface area contributed by atoms with Gasteiger partial charge in [0.05, 0.1) is 25.9 Å². The Morgan fingerprint density at radius 2 is 1.75 bits per heavy atom. The number of ether oxygens (including phenoxy) is 3. The molecule has 18 nitrogen and oxygen atoms in total. The monoisotopic (exact) mass is 651 g/mol. The lowest BCUT2D eigenvalue weighted by Crippen LogP contribution is -2.59. The first-order valence-electron chi connectivity index (χ1n) is 14.1. The minimum Gasteiger partial charge on any atom is -0.450 e. The number of H-pyrrole nitrogens is 1. The fourth-order valence-corrected chi connectivity index (χ4v) is 5.30. The Morgan fingerprint density at radius 3 is 2.32 bits per heavy atom. The van der Waals surface area contributed by atoms with E-state index in [4.69, 9.17) is 27.8 Å². The van der Waals surface area contributed by atoms with Gasteiger partial charge in [0.1, 0.15) is 24.5 Å². The quantitative estimate of drug-likeness (QED) is 0.143. The first-order chi connectivity index (χ1) is 20.9. The number of nitrogens with zero attached hydrogens (tertiary/aromatic N) is 1. The highest BCUT2D eigenvalue weighted by Gasteiger charge is 2.42. The number of hydrogen-bond acceptors (Lipinski definition) is 13. The van der Waals surface area contributed by atoms with Crippen LogP contribution in [0.4, 0.5) is 9.59 Å². The Kier molecular flexibility index (Phi) is 15.0. The number of amides is 3. The molecule has 0 radical (unpaired) electrons. The summed E-state index contributed by atoms with van der Waals surface area (Å²) in [5, 5.41) is 17.4. The largest absolute Gasteiger partial charge is 0.474 e. The first kappa shape index (κ1) is 36.9. The molecule has 5 atom stereocenters. The summed E-state index contributed by atoms with van der Waals surface area (Å²) in [6.45, 7) is 4.58. The maximum Gasteiger partial charge on any atom is 0.474 e. The molecular weight excluding hydrogens is 609 g/mol. The molecule has 0 saturated carbocycles. The predicted octanol–water partition coefficient (Wildman–Crippen LogP) is 0.291. The van der Waals surface area contributed by atoms with Gasteiger partial charge in [0.15, 0.2) is 0 Å². The summed E-state index contributed by atoms with van der Waals surface area (Å²) >= 11 is 0. The molecule has 0 bridgehead atoms. The smallest absolute Gasteiger partial charge is 0.450 e. The number of aromatic nitrogens is 2. The second kappa shape index (κ2) is 17.9. The second-order valence-corrected chi connectivity index (χ2v) is 11.3. The SMILES string of the molecule is CCCC(NC(=O)OCC)C(NC(=O)OCC)C(=O)NCCc1cn([C@@H]2CC(OP(=O)(OC)OC)[C@H](CO)O2)c(=O)[nH]c1=O. The third-order valence-corrected chi connectivity index (χ3v) is 7.95. The second-order valence-electron chi connectivity index (χ2n) is 9.47. The van der Waals surface area contributed by atoms with E-state index < -0.39 is 74.3 Å². The fourth-order valence-electron chi connectivity index (χ4n) is 4.43. The van der Waals surface area contributed by atoms with Crippen LogP contribution in [0.2, 0.25) is 0 Å². The Bertz CT molecular complexity index is 1260. The summed E-state index contributed by atoms with van der Waals surface area (Å²) in [5.41, 5.74) is -1.41. The normalized spacial score (nSPS) is 19.5. The maximum atomic E-state index is 13.2. The zero-order chi connectivity index (χ0) is 32.9. The van der Waals surface area contributed by atoms with Gasteiger partial charge in [-0.2, -0.15) is 0 Å². The van der Waals surface area contributed by atoms with Crippen molar-refractivity contribution in [2.75, 3.05) is 40.6 Å². The lowest BCUT2D eigenvalue weighted by atomic mass is 10.0. The number of aliphatic hydroxyl groups is 1. The molecule has 1 aliphatic rings. The number of phosphoric acid groups is 1. The van der Waals surface area contributed by atoms with Crippen LogP contribution in [0.1, 0.15) is 51.8 Å². The highest BCUT2D eigenvalue weighted by Crippen LogP contribution is 2.51. The minimum absolute atomic E-state index is 0.0441. The van der Waals surface area contributed by atoms with Crippen LogP contribution in [-0.2, 0) is 43.6 Å². The van der Waals surface area contributed by atoms with Crippen LogP contribution in [0.25, 0.3) is 0 Å². The number of nitrogens with one attached hydrogen (secondary N) is 4. The Hall–Kier alpha value is -3.28. The molecule has 1 aromatic heterocycles. The highest BCUT2D eigenvalue weighted by molar-refractivity contribution is 7.48. The Morgan fingerprint density at radius 1 is 1.11 bits per heavy atom. The zero-order valence-corrected chi connectivity index (χ0v) is 26.3. The van der Waals surface area contributed by atoms with Gasteiger partial charge in [-0.1, -0.05) is 13.3 Å². The zero-order valence-electron chi connectivity index (χ0n) is 25.4. The number of hydrogen-bond donors (Lipinski definition) is 5. The lowest BCUT2D eigenvalue weighted by molar-refractivity contribution is -0.123. The number of aromatic amines is 1. The molecule has 2 rings (SSSR count).